The molecule has 0 saturated heterocycles. The van der Waals surface area contributed by atoms with Crippen LogP contribution in [0.3, 0.4) is 0 Å². The van der Waals surface area contributed by atoms with Crippen LogP contribution in [0.5, 0.6) is 0 Å². The average Bonchev–Trinajstić information content (AvgIpc) is 2.00. The second kappa shape index (κ2) is 6.83. The van der Waals surface area contributed by atoms with Crippen molar-refractivity contribution in [1.82, 2.24) is 9.80 Å². The first-order valence-corrected chi connectivity index (χ1v) is 5.75. The molecule has 0 unspecified atom stereocenters. The van der Waals surface area contributed by atoms with Gasteiger partial charge in [-0.05, 0) is 11.8 Å². The molecule has 0 heterocycles. The summed E-state index contributed by atoms with van der Waals surface area (Å²) in [5.41, 5.74) is 0. The number of likely N-dealkylation sites (N-methyl/N-ethyl adjacent to an activating group) is 1. The summed E-state index contributed by atoms with van der Waals surface area (Å²) in [6.45, 7) is 11.3. The summed E-state index contributed by atoms with van der Waals surface area (Å²) in [6, 6.07) is 0. The molecule has 15 heavy (non-hydrogen) atoms. The van der Waals surface area contributed by atoms with Gasteiger partial charge in [0.05, 0.1) is 6.54 Å². The lowest BCUT2D eigenvalue weighted by atomic mass is 10.1. The first-order valence-electron chi connectivity index (χ1n) is 5.75. The van der Waals surface area contributed by atoms with Crippen molar-refractivity contribution in [1.29, 1.82) is 0 Å². The third kappa shape index (κ3) is 7.37. The summed E-state index contributed by atoms with van der Waals surface area (Å²) < 4.78 is 0. The molecule has 3 nitrogen and oxygen atoms in total. The van der Waals surface area contributed by atoms with Crippen LogP contribution in [0, 0.1) is 11.8 Å². The van der Waals surface area contributed by atoms with Gasteiger partial charge in [-0.25, -0.2) is 0 Å². The van der Waals surface area contributed by atoms with Crippen molar-refractivity contribution in [3.8, 4) is 0 Å². The van der Waals surface area contributed by atoms with Crippen LogP contribution < -0.4 is 0 Å². The second-order valence-electron chi connectivity index (χ2n) is 5.27. The maximum Gasteiger partial charge on any atom is 0.236 e. The largest absolute Gasteiger partial charge is 0.348 e. The molecular formula is C12H26N2O. The number of hydrogen-bond acceptors (Lipinski definition) is 2. The van der Waals surface area contributed by atoms with E-state index in [1.54, 1.807) is 4.90 Å². The van der Waals surface area contributed by atoms with E-state index in [0.29, 0.717) is 18.4 Å². The minimum absolute atomic E-state index is 0.191. The standard InChI is InChI=1S/C12H26N2O/c1-10(2)7-14(8-11(3)4)9-12(15)13(5)6/h10-11H,7-9H2,1-6H3. The minimum Gasteiger partial charge on any atom is -0.348 e. The zero-order valence-corrected chi connectivity index (χ0v) is 11.1. The Kier molecular flexibility index (Phi) is 6.57. The molecule has 0 aromatic carbocycles. The summed E-state index contributed by atoms with van der Waals surface area (Å²) in [5, 5.41) is 0. The van der Waals surface area contributed by atoms with E-state index < -0.39 is 0 Å². The van der Waals surface area contributed by atoms with Gasteiger partial charge in [-0.1, -0.05) is 27.7 Å². The molecule has 90 valence electrons. The van der Waals surface area contributed by atoms with Crippen LogP contribution in [0.15, 0.2) is 0 Å². The van der Waals surface area contributed by atoms with E-state index in [1.807, 2.05) is 14.1 Å². The maximum atomic E-state index is 11.6. The third-order valence-corrected chi connectivity index (χ3v) is 2.10. The van der Waals surface area contributed by atoms with Gasteiger partial charge in [0.15, 0.2) is 0 Å². The predicted molar refractivity (Wildman–Crippen MR) is 64.8 cm³/mol. The SMILES string of the molecule is CC(C)CN(CC(=O)N(C)C)CC(C)C. The van der Waals surface area contributed by atoms with Gasteiger partial charge < -0.3 is 4.90 Å². The highest BCUT2D eigenvalue weighted by molar-refractivity contribution is 5.77. The van der Waals surface area contributed by atoms with Crippen molar-refractivity contribution in [3.05, 3.63) is 0 Å². The van der Waals surface area contributed by atoms with Crippen LogP contribution in [0.2, 0.25) is 0 Å². The topological polar surface area (TPSA) is 23.6 Å². The van der Waals surface area contributed by atoms with Crippen LogP contribution in [0.4, 0.5) is 0 Å². The van der Waals surface area contributed by atoms with Crippen LogP contribution in [0.25, 0.3) is 0 Å². The highest BCUT2D eigenvalue weighted by Crippen LogP contribution is 2.03. The molecule has 0 aromatic heterocycles. The fraction of sp³-hybridized carbons (Fsp3) is 0.917. The Bertz CT molecular complexity index is 178. The van der Waals surface area contributed by atoms with E-state index in [4.69, 9.17) is 0 Å². The normalized spacial score (nSPS) is 11.5. The molecule has 0 atom stereocenters. The maximum absolute atomic E-state index is 11.6. The van der Waals surface area contributed by atoms with Gasteiger partial charge in [-0.3, -0.25) is 9.69 Å². The highest BCUT2D eigenvalue weighted by atomic mass is 16.2. The molecule has 0 saturated carbocycles. The summed E-state index contributed by atoms with van der Waals surface area (Å²) in [4.78, 5) is 15.5. The average molecular weight is 214 g/mol. The number of carbonyl (C=O) groups is 1. The Labute approximate surface area is 94.4 Å². The van der Waals surface area contributed by atoms with Gasteiger partial charge in [0.25, 0.3) is 0 Å². The van der Waals surface area contributed by atoms with Crippen molar-refractivity contribution in [2.75, 3.05) is 33.7 Å². The van der Waals surface area contributed by atoms with Gasteiger partial charge in [0, 0.05) is 27.2 Å². The molecule has 0 rings (SSSR count). The smallest absolute Gasteiger partial charge is 0.236 e. The van der Waals surface area contributed by atoms with Crippen LogP contribution in [0.1, 0.15) is 27.7 Å². The van der Waals surface area contributed by atoms with E-state index in [1.165, 1.54) is 0 Å². The van der Waals surface area contributed by atoms with E-state index >= 15 is 0 Å². The first kappa shape index (κ1) is 14.4. The number of nitrogens with zero attached hydrogens (tertiary/aromatic N) is 2. The molecule has 0 radical (unpaired) electrons. The van der Waals surface area contributed by atoms with Gasteiger partial charge in [-0.2, -0.15) is 0 Å². The molecule has 0 spiro atoms. The number of hydrogen-bond donors (Lipinski definition) is 0. The predicted octanol–water partition coefficient (Wildman–Crippen LogP) is 1.69. The lowest BCUT2D eigenvalue weighted by Gasteiger charge is -2.26. The minimum atomic E-state index is 0.191. The Morgan fingerprint density at radius 1 is 1.00 bits per heavy atom. The van der Waals surface area contributed by atoms with Crippen molar-refractivity contribution in [2.45, 2.75) is 27.7 Å². The van der Waals surface area contributed by atoms with Gasteiger partial charge in [0.2, 0.25) is 5.91 Å². The van der Waals surface area contributed by atoms with E-state index in [0.717, 1.165) is 13.1 Å². The zero-order valence-electron chi connectivity index (χ0n) is 11.1. The van der Waals surface area contributed by atoms with Crippen molar-refractivity contribution < 1.29 is 4.79 Å². The number of rotatable bonds is 6. The van der Waals surface area contributed by atoms with Crippen LogP contribution in [-0.2, 0) is 4.79 Å². The van der Waals surface area contributed by atoms with Gasteiger partial charge >= 0.3 is 0 Å². The highest BCUT2D eigenvalue weighted by Gasteiger charge is 2.14. The van der Waals surface area contributed by atoms with Crippen LogP contribution >= 0.6 is 0 Å². The van der Waals surface area contributed by atoms with Crippen molar-refractivity contribution >= 4 is 5.91 Å². The lowest BCUT2D eigenvalue weighted by Crippen LogP contribution is -2.40. The summed E-state index contributed by atoms with van der Waals surface area (Å²) in [7, 11) is 3.62. The fourth-order valence-corrected chi connectivity index (χ4v) is 1.57. The Morgan fingerprint density at radius 2 is 1.40 bits per heavy atom. The Morgan fingerprint density at radius 3 is 1.67 bits per heavy atom. The lowest BCUT2D eigenvalue weighted by molar-refractivity contribution is -0.130. The molecule has 0 aliphatic heterocycles. The zero-order chi connectivity index (χ0) is 12.0. The second-order valence-corrected chi connectivity index (χ2v) is 5.27. The molecule has 0 aliphatic carbocycles. The molecule has 1 amide bonds. The van der Waals surface area contributed by atoms with Crippen molar-refractivity contribution in [2.24, 2.45) is 11.8 Å². The molecule has 0 aromatic rings. The molecule has 3 heteroatoms. The molecule has 0 fully saturated rings. The van der Waals surface area contributed by atoms with Crippen LogP contribution in [-0.4, -0.2) is 49.4 Å². The molecule has 0 N–H and O–H groups in total. The summed E-state index contributed by atoms with van der Waals surface area (Å²) in [6.07, 6.45) is 0. The van der Waals surface area contributed by atoms with E-state index in [-0.39, 0.29) is 5.91 Å². The Balaban J connectivity index is 4.17. The molecule has 0 bridgehead atoms. The summed E-state index contributed by atoms with van der Waals surface area (Å²) >= 11 is 0. The van der Waals surface area contributed by atoms with E-state index in [9.17, 15) is 4.79 Å². The van der Waals surface area contributed by atoms with Gasteiger partial charge in [-0.15, -0.1) is 0 Å². The van der Waals surface area contributed by atoms with E-state index in [2.05, 4.69) is 32.6 Å². The number of carbonyl (C=O) groups excluding carboxylic acids is 1. The quantitative estimate of drug-likeness (QED) is 0.672. The van der Waals surface area contributed by atoms with Gasteiger partial charge in [0.1, 0.15) is 0 Å². The number of amides is 1. The monoisotopic (exact) mass is 214 g/mol. The molecule has 0 aliphatic rings. The third-order valence-electron chi connectivity index (χ3n) is 2.10. The Hall–Kier alpha value is -0.570. The first-order chi connectivity index (χ1) is 6.82. The van der Waals surface area contributed by atoms with Crippen molar-refractivity contribution in [3.63, 3.8) is 0 Å². The fourth-order valence-electron chi connectivity index (χ4n) is 1.57. The molecular weight excluding hydrogens is 188 g/mol. The summed E-state index contributed by atoms with van der Waals surface area (Å²) in [5.74, 6) is 1.41.